The molecule has 5 rings (SSSR count). The summed E-state index contributed by atoms with van der Waals surface area (Å²) in [5.41, 5.74) is 2.63. The van der Waals surface area contributed by atoms with Gasteiger partial charge in [-0.05, 0) is 57.4 Å². The Morgan fingerprint density at radius 2 is 1.86 bits per heavy atom. The molecule has 4 aromatic rings. The molecule has 1 saturated heterocycles. The van der Waals surface area contributed by atoms with Crippen molar-refractivity contribution in [3.63, 3.8) is 0 Å². The highest BCUT2D eigenvalue weighted by Crippen LogP contribution is 2.40. The number of nitrogens with zero attached hydrogens (tertiary/aromatic N) is 5. The number of aryl methyl sites for hydroxylation is 1. The Morgan fingerprint density at radius 1 is 1.14 bits per heavy atom. The number of likely N-dealkylation sites (tertiary alicyclic amines) is 1. The number of hydrogen-bond donors (Lipinski definition) is 1. The van der Waals surface area contributed by atoms with Gasteiger partial charge >= 0.3 is 12.1 Å². The van der Waals surface area contributed by atoms with E-state index in [4.69, 9.17) is 9.84 Å². The Balaban J connectivity index is 1.57. The van der Waals surface area contributed by atoms with Crippen LogP contribution in [0.3, 0.4) is 0 Å². The first-order valence-corrected chi connectivity index (χ1v) is 12.3. The SMILES string of the molecule is Cn1ncc2cc(F)c(-c3cccc4c3c(C3CCN(C(=O)OC(C)(C)C)CC3)nn4CC(=O)O)cc21. The average Bonchev–Trinajstić information content (AvgIpc) is 3.37. The Morgan fingerprint density at radius 3 is 2.54 bits per heavy atom. The number of piperidine rings is 1. The van der Waals surface area contributed by atoms with Crippen molar-refractivity contribution in [3.05, 3.63) is 48.0 Å². The van der Waals surface area contributed by atoms with Crippen molar-refractivity contribution in [2.75, 3.05) is 13.1 Å². The van der Waals surface area contributed by atoms with Crippen molar-refractivity contribution in [2.24, 2.45) is 7.05 Å². The quantitative estimate of drug-likeness (QED) is 0.420. The molecular weight excluding hydrogens is 477 g/mol. The smallest absolute Gasteiger partial charge is 0.410 e. The van der Waals surface area contributed by atoms with Gasteiger partial charge in [-0.3, -0.25) is 14.2 Å². The zero-order valence-electron chi connectivity index (χ0n) is 21.4. The molecule has 0 aliphatic carbocycles. The third-order valence-electron chi connectivity index (χ3n) is 6.75. The van der Waals surface area contributed by atoms with Gasteiger partial charge in [-0.15, -0.1) is 0 Å². The van der Waals surface area contributed by atoms with Crippen LogP contribution in [0.4, 0.5) is 9.18 Å². The Kier molecular flexibility index (Phi) is 6.13. The summed E-state index contributed by atoms with van der Waals surface area (Å²) < 4.78 is 24.1. The van der Waals surface area contributed by atoms with Gasteiger partial charge in [-0.1, -0.05) is 12.1 Å². The van der Waals surface area contributed by atoms with Crippen LogP contribution in [-0.2, 0) is 23.1 Å². The molecule has 0 bridgehead atoms. The zero-order valence-corrected chi connectivity index (χ0v) is 21.4. The van der Waals surface area contributed by atoms with Crippen LogP contribution >= 0.6 is 0 Å². The van der Waals surface area contributed by atoms with Gasteiger partial charge in [0.25, 0.3) is 0 Å². The second-order valence-electron chi connectivity index (χ2n) is 10.5. The summed E-state index contributed by atoms with van der Waals surface area (Å²) in [4.78, 5) is 25.8. The molecule has 10 heteroatoms. The fourth-order valence-electron chi connectivity index (χ4n) is 5.06. The number of fused-ring (bicyclic) bond motifs is 2. The molecule has 2 aromatic carbocycles. The lowest BCUT2D eigenvalue weighted by Gasteiger charge is -2.33. The van der Waals surface area contributed by atoms with Crippen molar-refractivity contribution in [1.29, 1.82) is 0 Å². The molecule has 0 radical (unpaired) electrons. The number of carbonyl (C=O) groups excluding carboxylic acids is 1. The first-order valence-electron chi connectivity index (χ1n) is 12.3. The molecule has 0 unspecified atom stereocenters. The van der Waals surface area contributed by atoms with E-state index in [9.17, 15) is 14.7 Å². The number of carboxylic acid groups (broad SMARTS) is 1. The third kappa shape index (κ3) is 4.75. The molecule has 37 heavy (non-hydrogen) atoms. The van der Waals surface area contributed by atoms with Crippen LogP contribution in [-0.4, -0.2) is 60.3 Å². The molecule has 1 amide bonds. The van der Waals surface area contributed by atoms with Crippen LogP contribution < -0.4 is 0 Å². The van der Waals surface area contributed by atoms with E-state index in [0.717, 1.165) is 16.6 Å². The summed E-state index contributed by atoms with van der Waals surface area (Å²) in [5, 5.41) is 19.9. The molecule has 1 N–H and O–H groups in total. The maximum Gasteiger partial charge on any atom is 0.410 e. The summed E-state index contributed by atoms with van der Waals surface area (Å²) in [6.45, 7) is 6.18. The topological polar surface area (TPSA) is 102 Å². The minimum atomic E-state index is -1.01. The maximum atomic E-state index is 15.4. The van der Waals surface area contributed by atoms with E-state index in [0.29, 0.717) is 48.0 Å². The van der Waals surface area contributed by atoms with Gasteiger partial charge in [0, 0.05) is 42.4 Å². The number of carbonyl (C=O) groups is 2. The van der Waals surface area contributed by atoms with Crippen molar-refractivity contribution < 1.29 is 23.8 Å². The Bertz CT molecular complexity index is 1510. The molecule has 1 aliphatic heterocycles. The van der Waals surface area contributed by atoms with E-state index >= 15 is 4.39 Å². The fraction of sp³-hybridized carbons (Fsp3) is 0.407. The van der Waals surface area contributed by atoms with Crippen molar-refractivity contribution >= 4 is 33.9 Å². The van der Waals surface area contributed by atoms with E-state index < -0.39 is 11.6 Å². The molecule has 1 fully saturated rings. The number of aliphatic carboxylic acids is 1. The average molecular weight is 508 g/mol. The lowest BCUT2D eigenvalue weighted by atomic mass is 9.89. The summed E-state index contributed by atoms with van der Waals surface area (Å²) in [6, 6.07) is 8.69. The third-order valence-corrected chi connectivity index (χ3v) is 6.75. The highest BCUT2D eigenvalue weighted by Gasteiger charge is 2.31. The lowest BCUT2D eigenvalue weighted by Crippen LogP contribution is -2.41. The second-order valence-corrected chi connectivity index (χ2v) is 10.5. The van der Waals surface area contributed by atoms with Crippen LogP contribution in [0.5, 0.6) is 0 Å². The van der Waals surface area contributed by atoms with Crippen LogP contribution in [0.1, 0.15) is 45.2 Å². The minimum Gasteiger partial charge on any atom is -0.480 e. The molecule has 1 aliphatic rings. The predicted molar refractivity (Wildman–Crippen MR) is 137 cm³/mol. The zero-order chi connectivity index (χ0) is 26.5. The summed E-state index contributed by atoms with van der Waals surface area (Å²) in [6.07, 6.45) is 2.54. The number of benzene rings is 2. The van der Waals surface area contributed by atoms with Gasteiger partial charge < -0.3 is 14.7 Å². The van der Waals surface area contributed by atoms with E-state index in [-0.39, 0.29) is 24.4 Å². The molecule has 0 saturated carbocycles. The van der Waals surface area contributed by atoms with Gasteiger partial charge in [0.05, 0.1) is 22.9 Å². The van der Waals surface area contributed by atoms with Gasteiger partial charge in [0.2, 0.25) is 0 Å². The maximum absolute atomic E-state index is 15.4. The van der Waals surface area contributed by atoms with Crippen molar-refractivity contribution in [3.8, 4) is 11.1 Å². The van der Waals surface area contributed by atoms with Crippen molar-refractivity contribution in [1.82, 2.24) is 24.5 Å². The van der Waals surface area contributed by atoms with Gasteiger partial charge in [0.1, 0.15) is 18.0 Å². The van der Waals surface area contributed by atoms with Gasteiger partial charge in [-0.25, -0.2) is 9.18 Å². The monoisotopic (exact) mass is 507 g/mol. The van der Waals surface area contributed by atoms with E-state index in [2.05, 4.69) is 5.10 Å². The first kappa shape index (κ1) is 24.7. The largest absolute Gasteiger partial charge is 0.480 e. The number of carboxylic acids is 1. The van der Waals surface area contributed by atoms with E-state index in [1.807, 2.05) is 32.9 Å². The summed E-state index contributed by atoms with van der Waals surface area (Å²) in [7, 11) is 1.80. The normalized spacial score (nSPS) is 15.0. The number of ether oxygens (including phenoxy) is 1. The highest BCUT2D eigenvalue weighted by atomic mass is 19.1. The lowest BCUT2D eigenvalue weighted by molar-refractivity contribution is -0.137. The Hall–Kier alpha value is -3.95. The minimum absolute atomic E-state index is 0.0270. The molecule has 3 heterocycles. The first-order chi connectivity index (χ1) is 17.5. The van der Waals surface area contributed by atoms with Crippen LogP contribution in [0.2, 0.25) is 0 Å². The van der Waals surface area contributed by atoms with Gasteiger partial charge in [-0.2, -0.15) is 10.2 Å². The number of aromatic nitrogens is 4. The van der Waals surface area contributed by atoms with E-state index in [1.54, 1.807) is 35.0 Å². The molecule has 0 spiro atoms. The number of amides is 1. The van der Waals surface area contributed by atoms with E-state index in [1.165, 1.54) is 10.7 Å². The second kappa shape index (κ2) is 9.17. The fourth-order valence-corrected chi connectivity index (χ4v) is 5.06. The standard InChI is InChI=1S/C27H30FN5O4/c1-27(2,3)37-26(36)32-10-8-16(9-11-32)25-24-18(6-5-7-21(24)33(30-25)15-23(34)35)19-13-22-17(12-20(19)28)14-29-31(22)4/h5-7,12-14,16H,8-11,15H2,1-4H3,(H,34,35). The Labute approximate surface area is 213 Å². The van der Waals surface area contributed by atoms with Crippen LogP contribution in [0.25, 0.3) is 32.9 Å². The number of rotatable bonds is 4. The summed E-state index contributed by atoms with van der Waals surface area (Å²) >= 11 is 0. The number of hydrogen-bond acceptors (Lipinski definition) is 5. The molecule has 2 aromatic heterocycles. The van der Waals surface area contributed by atoms with Crippen molar-refractivity contribution in [2.45, 2.75) is 51.7 Å². The van der Waals surface area contributed by atoms with Crippen LogP contribution in [0, 0.1) is 5.82 Å². The molecule has 194 valence electrons. The van der Waals surface area contributed by atoms with Crippen LogP contribution in [0.15, 0.2) is 36.5 Å². The van der Waals surface area contributed by atoms with Gasteiger partial charge in [0.15, 0.2) is 0 Å². The summed E-state index contributed by atoms with van der Waals surface area (Å²) in [5.74, 6) is -1.42. The molecular formula is C27H30FN5O4. The molecule has 0 atom stereocenters. The predicted octanol–water partition coefficient (Wildman–Crippen LogP) is 4.93. The molecule has 9 nitrogen and oxygen atoms in total. The highest BCUT2D eigenvalue weighted by molar-refractivity contribution is 5.99. The number of halogens is 1.